The first-order valence-corrected chi connectivity index (χ1v) is 9.95. The molecule has 0 saturated heterocycles. The van der Waals surface area contributed by atoms with Crippen molar-refractivity contribution >= 4 is 17.4 Å². The number of rotatable bonds is 5. The van der Waals surface area contributed by atoms with E-state index in [2.05, 4.69) is 44.5 Å². The average Bonchev–Trinajstić information content (AvgIpc) is 2.74. The summed E-state index contributed by atoms with van der Waals surface area (Å²) < 4.78 is 0. The zero-order valence-corrected chi connectivity index (χ0v) is 15.7. The van der Waals surface area contributed by atoms with Crippen LogP contribution in [0.4, 0.5) is 11.5 Å². The lowest BCUT2D eigenvalue weighted by molar-refractivity contribution is 0.0949. The maximum absolute atomic E-state index is 12.5. The summed E-state index contributed by atoms with van der Waals surface area (Å²) in [7, 11) is 0. The van der Waals surface area contributed by atoms with E-state index in [9.17, 15) is 4.79 Å². The number of carbonyl (C=O) groups is 1. The minimum atomic E-state index is -0.125. The number of para-hydroxylation sites is 1. The van der Waals surface area contributed by atoms with Crippen LogP contribution < -0.4 is 10.2 Å². The van der Waals surface area contributed by atoms with Gasteiger partial charge in [-0.3, -0.25) is 4.79 Å². The van der Waals surface area contributed by atoms with Gasteiger partial charge in [-0.25, -0.2) is 9.97 Å². The van der Waals surface area contributed by atoms with E-state index in [1.807, 2.05) is 6.07 Å². The molecule has 0 unspecified atom stereocenters. The van der Waals surface area contributed by atoms with Crippen LogP contribution >= 0.6 is 0 Å². The molecule has 140 valence electrons. The second-order valence-electron chi connectivity index (χ2n) is 7.26. The number of allylic oxidation sites excluding steroid dienone is 1. The predicted octanol–water partition coefficient (Wildman–Crippen LogP) is 4.18. The maximum atomic E-state index is 12.5. The van der Waals surface area contributed by atoms with Gasteiger partial charge in [-0.15, -0.1) is 0 Å². The SMILES string of the molecule is O=C(NCCC1=CCCCC1)c1cc(N2CCCc3ccccc32)ncn1. The fraction of sp³-hybridized carbons (Fsp3) is 0.409. The summed E-state index contributed by atoms with van der Waals surface area (Å²) in [6.07, 6.45) is 11.8. The maximum Gasteiger partial charge on any atom is 0.270 e. The van der Waals surface area contributed by atoms with Gasteiger partial charge in [0, 0.05) is 24.8 Å². The molecular formula is C22H26N4O. The van der Waals surface area contributed by atoms with Crippen LogP contribution in [-0.4, -0.2) is 29.0 Å². The van der Waals surface area contributed by atoms with E-state index in [0.717, 1.165) is 31.6 Å². The molecule has 0 bridgehead atoms. The van der Waals surface area contributed by atoms with Crippen LogP contribution in [0, 0.1) is 0 Å². The number of anilines is 2. The minimum absolute atomic E-state index is 0.125. The molecule has 2 aliphatic rings. The topological polar surface area (TPSA) is 58.1 Å². The van der Waals surface area contributed by atoms with Gasteiger partial charge < -0.3 is 10.2 Å². The van der Waals surface area contributed by atoms with Crippen LogP contribution in [0.5, 0.6) is 0 Å². The highest BCUT2D eigenvalue weighted by Crippen LogP contribution is 2.32. The molecule has 5 nitrogen and oxygen atoms in total. The Morgan fingerprint density at radius 2 is 2.04 bits per heavy atom. The Hall–Kier alpha value is -2.69. The Kier molecular flexibility index (Phi) is 5.47. The summed E-state index contributed by atoms with van der Waals surface area (Å²) >= 11 is 0. The molecule has 0 fully saturated rings. The van der Waals surface area contributed by atoms with Crippen molar-refractivity contribution in [2.45, 2.75) is 44.9 Å². The van der Waals surface area contributed by atoms with Gasteiger partial charge >= 0.3 is 0 Å². The molecule has 0 spiro atoms. The van der Waals surface area contributed by atoms with Crippen molar-refractivity contribution in [3.05, 3.63) is 59.6 Å². The highest BCUT2D eigenvalue weighted by atomic mass is 16.1. The zero-order chi connectivity index (χ0) is 18.5. The van der Waals surface area contributed by atoms with Crippen LogP contribution in [0.3, 0.4) is 0 Å². The van der Waals surface area contributed by atoms with Gasteiger partial charge in [-0.1, -0.05) is 29.8 Å². The summed E-state index contributed by atoms with van der Waals surface area (Å²) in [5, 5.41) is 3.01. The highest BCUT2D eigenvalue weighted by molar-refractivity contribution is 5.93. The van der Waals surface area contributed by atoms with Crippen LogP contribution in [-0.2, 0) is 6.42 Å². The molecule has 1 aliphatic heterocycles. The van der Waals surface area contributed by atoms with Crippen molar-refractivity contribution in [1.82, 2.24) is 15.3 Å². The van der Waals surface area contributed by atoms with Crippen molar-refractivity contribution in [2.24, 2.45) is 0 Å². The molecule has 4 rings (SSSR count). The van der Waals surface area contributed by atoms with E-state index in [1.165, 1.54) is 48.8 Å². The molecule has 1 amide bonds. The van der Waals surface area contributed by atoms with Gasteiger partial charge in [-0.05, 0) is 56.6 Å². The van der Waals surface area contributed by atoms with E-state index in [-0.39, 0.29) is 5.91 Å². The summed E-state index contributed by atoms with van der Waals surface area (Å²) in [5.41, 5.74) is 4.41. The molecular weight excluding hydrogens is 336 g/mol. The third-order valence-electron chi connectivity index (χ3n) is 5.39. The van der Waals surface area contributed by atoms with Gasteiger partial charge in [0.05, 0.1) is 0 Å². The van der Waals surface area contributed by atoms with Gasteiger partial charge in [-0.2, -0.15) is 0 Å². The molecule has 0 saturated carbocycles. The predicted molar refractivity (Wildman–Crippen MR) is 107 cm³/mol. The molecule has 1 aliphatic carbocycles. The molecule has 1 N–H and O–H groups in total. The Morgan fingerprint density at radius 1 is 1.11 bits per heavy atom. The number of nitrogens with zero attached hydrogens (tertiary/aromatic N) is 3. The number of nitrogens with one attached hydrogen (secondary N) is 1. The largest absolute Gasteiger partial charge is 0.350 e. The quantitative estimate of drug-likeness (QED) is 0.811. The summed E-state index contributed by atoms with van der Waals surface area (Å²) in [6.45, 7) is 1.57. The zero-order valence-electron chi connectivity index (χ0n) is 15.7. The van der Waals surface area contributed by atoms with Crippen molar-refractivity contribution in [2.75, 3.05) is 18.0 Å². The van der Waals surface area contributed by atoms with Crippen molar-refractivity contribution < 1.29 is 4.79 Å². The molecule has 0 atom stereocenters. The second-order valence-corrected chi connectivity index (χ2v) is 7.26. The Morgan fingerprint density at radius 3 is 2.93 bits per heavy atom. The van der Waals surface area contributed by atoms with Crippen molar-refractivity contribution in [3.63, 3.8) is 0 Å². The number of amides is 1. The Labute approximate surface area is 160 Å². The van der Waals surface area contributed by atoms with Crippen molar-refractivity contribution in [3.8, 4) is 0 Å². The number of hydrogen-bond acceptors (Lipinski definition) is 4. The number of fused-ring (bicyclic) bond motifs is 1. The highest BCUT2D eigenvalue weighted by Gasteiger charge is 2.20. The van der Waals surface area contributed by atoms with E-state index < -0.39 is 0 Å². The summed E-state index contributed by atoms with van der Waals surface area (Å²) in [4.78, 5) is 23.3. The van der Waals surface area contributed by atoms with Crippen LogP contribution in [0.25, 0.3) is 0 Å². The second kappa shape index (κ2) is 8.33. The van der Waals surface area contributed by atoms with E-state index in [1.54, 1.807) is 6.07 Å². The molecule has 0 radical (unpaired) electrons. The van der Waals surface area contributed by atoms with Crippen LogP contribution in [0.1, 0.15) is 54.6 Å². The van der Waals surface area contributed by atoms with E-state index >= 15 is 0 Å². The number of aryl methyl sites for hydroxylation is 1. The molecule has 5 heteroatoms. The number of carbonyl (C=O) groups excluding carboxylic acids is 1. The fourth-order valence-electron chi connectivity index (χ4n) is 3.95. The van der Waals surface area contributed by atoms with Gasteiger partial charge in [0.2, 0.25) is 0 Å². The summed E-state index contributed by atoms with van der Waals surface area (Å²) in [5.74, 6) is 0.664. The van der Waals surface area contributed by atoms with Gasteiger partial charge in [0.1, 0.15) is 17.8 Å². The third kappa shape index (κ3) is 4.18. The van der Waals surface area contributed by atoms with Crippen LogP contribution in [0.15, 0.2) is 48.3 Å². The Balaban J connectivity index is 1.43. The molecule has 2 heterocycles. The molecule has 2 aromatic rings. The monoisotopic (exact) mass is 362 g/mol. The van der Waals surface area contributed by atoms with Crippen molar-refractivity contribution in [1.29, 1.82) is 0 Å². The van der Waals surface area contributed by atoms with Gasteiger partial charge in [0.25, 0.3) is 5.91 Å². The first-order valence-electron chi connectivity index (χ1n) is 9.95. The fourth-order valence-corrected chi connectivity index (χ4v) is 3.95. The van der Waals surface area contributed by atoms with Crippen LogP contribution in [0.2, 0.25) is 0 Å². The lowest BCUT2D eigenvalue weighted by Crippen LogP contribution is -2.28. The van der Waals surface area contributed by atoms with E-state index in [0.29, 0.717) is 12.2 Å². The van der Waals surface area contributed by atoms with E-state index in [4.69, 9.17) is 0 Å². The molecule has 27 heavy (non-hydrogen) atoms. The lowest BCUT2D eigenvalue weighted by Gasteiger charge is -2.30. The molecule has 1 aromatic heterocycles. The molecule has 1 aromatic carbocycles. The number of hydrogen-bond donors (Lipinski definition) is 1. The Bertz CT molecular complexity index is 846. The number of aromatic nitrogens is 2. The summed E-state index contributed by atoms with van der Waals surface area (Å²) in [6, 6.07) is 10.2. The average molecular weight is 362 g/mol. The first-order chi connectivity index (χ1) is 13.3. The third-order valence-corrected chi connectivity index (χ3v) is 5.39. The first kappa shape index (κ1) is 17.7. The number of benzene rings is 1. The van der Waals surface area contributed by atoms with Gasteiger partial charge in [0.15, 0.2) is 0 Å². The smallest absolute Gasteiger partial charge is 0.270 e. The lowest BCUT2D eigenvalue weighted by atomic mass is 9.97. The standard InChI is InChI=1S/C22H26N4O/c27-22(23-13-12-17-7-2-1-3-8-17)19-15-21(25-16-24-19)26-14-6-10-18-9-4-5-11-20(18)26/h4-5,7,9,11,15-16H,1-3,6,8,10,12-14H2,(H,23,27). The normalized spacial score (nSPS) is 16.4. The minimum Gasteiger partial charge on any atom is -0.350 e.